The van der Waals surface area contributed by atoms with E-state index in [1.54, 1.807) is 24.3 Å². The van der Waals surface area contributed by atoms with Crippen molar-refractivity contribution in [3.63, 3.8) is 0 Å². The summed E-state index contributed by atoms with van der Waals surface area (Å²) in [6, 6.07) is 11.4. The molecule has 0 radical (unpaired) electrons. The first-order valence-electron chi connectivity index (χ1n) is 7.85. The zero-order valence-corrected chi connectivity index (χ0v) is 13.7. The number of halogens is 2. The number of ether oxygens (including phenoxy) is 2. The fourth-order valence-corrected chi connectivity index (χ4v) is 2.41. The molecule has 7 nitrogen and oxygen atoms in total. The molecule has 0 saturated heterocycles. The smallest absolute Gasteiger partial charge is 0.276 e. The predicted octanol–water partition coefficient (Wildman–Crippen LogP) is 3.48. The highest BCUT2D eigenvalue weighted by atomic mass is 19.2. The zero-order chi connectivity index (χ0) is 18.8. The van der Waals surface area contributed by atoms with Gasteiger partial charge < -0.3 is 20.1 Å². The molecule has 9 heteroatoms. The van der Waals surface area contributed by atoms with Crippen LogP contribution in [-0.2, 0) is 0 Å². The Labute approximate surface area is 151 Å². The molecular formula is C18H12F2N4O3. The Morgan fingerprint density at radius 3 is 2.48 bits per heavy atom. The Morgan fingerprint density at radius 2 is 1.70 bits per heavy atom. The number of anilines is 3. The fraction of sp³-hybridized carbons (Fsp3) is 0.0556. The lowest BCUT2D eigenvalue weighted by Gasteiger charge is -2.07. The average Bonchev–Trinajstić information content (AvgIpc) is 3.13. The minimum atomic E-state index is -1.05. The van der Waals surface area contributed by atoms with Gasteiger partial charge in [-0.05, 0) is 36.4 Å². The summed E-state index contributed by atoms with van der Waals surface area (Å²) in [6.07, 6.45) is 0. The van der Waals surface area contributed by atoms with Crippen molar-refractivity contribution in [2.75, 3.05) is 17.4 Å². The van der Waals surface area contributed by atoms with Gasteiger partial charge in [-0.25, -0.2) is 8.78 Å². The molecule has 2 aromatic carbocycles. The molecule has 1 aromatic heterocycles. The van der Waals surface area contributed by atoms with E-state index in [2.05, 4.69) is 20.8 Å². The quantitative estimate of drug-likeness (QED) is 0.731. The van der Waals surface area contributed by atoms with Gasteiger partial charge in [-0.3, -0.25) is 4.79 Å². The number of nitrogens with one attached hydrogen (secondary N) is 2. The maximum Gasteiger partial charge on any atom is 0.276 e. The van der Waals surface area contributed by atoms with Crippen LogP contribution in [0.25, 0.3) is 0 Å². The van der Waals surface area contributed by atoms with E-state index in [0.717, 1.165) is 12.1 Å². The highest BCUT2D eigenvalue weighted by Gasteiger charge is 2.14. The van der Waals surface area contributed by atoms with Crippen LogP contribution in [0.15, 0.2) is 48.5 Å². The standard InChI is InChI=1S/C18H12F2N4O3/c19-12-3-1-10(7-13(12)20)22-18(25)14-4-6-17(24-23-14)21-11-2-5-15-16(8-11)27-9-26-15/h1-8H,9H2,(H,21,24)(H,22,25). The van der Waals surface area contributed by atoms with E-state index in [1.807, 2.05) is 0 Å². The summed E-state index contributed by atoms with van der Waals surface area (Å²) in [5.74, 6) is -0.943. The van der Waals surface area contributed by atoms with Crippen molar-refractivity contribution in [3.05, 3.63) is 65.9 Å². The number of fused-ring (bicyclic) bond motifs is 1. The van der Waals surface area contributed by atoms with Crippen LogP contribution in [-0.4, -0.2) is 22.9 Å². The predicted molar refractivity (Wildman–Crippen MR) is 92.2 cm³/mol. The molecule has 136 valence electrons. The first-order chi connectivity index (χ1) is 13.1. The van der Waals surface area contributed by atoms with E-state index in [4.69, 9.17) is 9.47 Å². The monoisotopic (exact) mass is 370 g/mol. The Kier molecular flexibility index (Phi) is 4.25. The van der Waals surface area contributed by atoms with Gasteiger partial charge in [0.2, 0.25) is 6.79 Å². The van der Waals surface area contributed by atoms with Gasteiger partial charge in [-0.1, -0.05) is 0 Å². The average molecular weight is 370 g/mol. The van der Waals surface area contributed by atoms with Crippen LogP contribution in [0, 0.1) is 11.6 Å². The van der Waals surface area contributed by atoms with Crippen molar-refractivity contribution in [1.29, 1.82) is 0 Å². The molecule has 3 aromatic rings. The first-order valence-corrected chi connectivity index (χ1v) is 7.85. The molecule has 4 rings (SSSR count). The van der Waals surface area contributed by atoms with E-state index in [9.17, 15) is 13.6 Å². The number of rotatable bonds is 4. The second kappa shape index (κ2) is 6.87. The third-order valence-corrected chi connectivity index (χ3v) is 3.72. The van der Waals surface area contributed by atoms with Gasteiger partial charge in [0, 0.05) is 23.5 Å². The van der Waals surface area contributed by atoms with Crippen molar-refractivity contribution in [2.24, 2.45) is 0 Å². The van der Waals surface area contributed by atoms with Crippen LogP contribution in [0.5, 0.6) is 11.5 Å². The van der Waals surface area contributed by atoms with Gasteiger partial charge in [0.05, 0.1) is 0 Å². The second-order valence-electron chi connectivity index (χ2n) is 5.58. The topological polar surface area (TPSA) is 85.4 Å². The van der Waals surface area contributed by atoms with E-state index in [-0.39, 0.29) is 18.2 Å². The van der Waals surface area contributed by atoms with E-state index in [0.29, 0.717) is 23.0 Å². The van der Waals surface area contributed by atoms with Gasteiger partial charge in [0.25, 0.3) is 5.91 Å². The maximum atomic E-state index is 13.2. The van der Waals surface area contributed by atoms with Gasteiger partial charge in [-0.15, -0.1) is 10.2 Å². The molecule has 2 N–H and O–H groups in total. The molecule has 0 spiro atoms. The van der Waals surface area contributed by atoms with Crippen molar-refractivity contribution in [1.82, 2.24) is 10.2 Å². The summed E-state index contributed by atoms with van der Waals surface area (Å²) in [7, 11) is 0. The highest BCUT2D eigenvalue weighted by Crippen LogP contribution is 2.34. The molecule has 0 aliphatic carbocycles. The summed E-state index contributed by atoms with van der Waals surface area (Å²) in [6.45, 7) is 0.181. The maximum absolute atomic E-state index is 13.2. The van der Waals surface area contributed by atoms with Crippen LogP contribution in [0.2, 0.25) is 0 Å². The lowest BCUT2D eigenvalue weighted by Crippen LogP contribution is -2.14. The lowest BCUT2D eigenvalue weighted by atomic mass is 10.2. The van der Waals surface area contributed by atoms with Gasteiger partial charge >= 0.3 is 0 Å². The van der Waals surface area contributed by atoms with Gasteiger partial charge in [-0.2, -0.15) is 0 Å². The summed E-state index contributed by atoms with van der Waals surface area (Å²) >= 11 is 0. The van der Waals surface area contributed by atoms with Crippen molar-refractivity contribution < 1.29 is 23.0 Å². The molecule has 0 saturated carbocycles. The molecule has 1 amide bonds. The summed E-state index contributed by atoms with van der Waals surface area (Å²) < 4.78 is 36.7. The number of carbonyl (C=O) groups is 1. The van der Waals surface area contributed by atoms with Gasteiger partial charge in [0.1, 0.15) is 0 Å². The molecule has 1 aliphatic heterocycles. The number of nitrogens with zero attached hydrogens (tertiary/aromatic N) is 2. The third kappa shape index (κ3) is 3.61. The van der Waals surface area contributed by atoms with Crippen LogP contribution in [0.4, 0.5) is 26.0 Å². The molecular weight excluding hydrogens is 358 g/mol. The Morgan fingerprint density at radius 1 is 0.889 bits per heavy atom. The normalized spacial score (nSPS) is 11.9. The molecule has 0 unspecified atom stereocenters. The van der Waals surface area contributed by atoms with Crippen LogP contribution >= 0.6 is 0 Å². The molecule has 0 fully saturated rings. The van der Waals surface area contributed by atoms with Crippen molar-refractivity contribution >= 4 is 23.1 Å². The highest BCUT2D eigenvalue weighted by molar-refractivity contribution is 6.02. The summed E-state index contributed by atoms with van der Waals surface area (Å²) in [5, 5.41) is 13.2. The van der Waals surface area contributed by atoms with Crippen molar-refractivity contribution in [3.8, 4) is 11.5 Å². The minimum Gasteiger partial charge on any atom is -0.454 e. The van der Waals surface area contributed by atoms with Crippen LogP contribution < -0.4 is 20.1 Å². The molecule has 27 heavy (non-hydrogen) atoms. The number of carbonyl (C=O) groups excluding carboxylic acids is 1. The Hall–Kier alpha value is -3.75. The second-order valence-corrected chi connectivity index (χ2v) is 5.58. The minimum absolute atomic E-state index is 0.0240. The molecule has 2 heterocycles. The van der Waals surface area contributed by atoms with E-state index >= 15 is 0 Å². The molecule has 0 atom stereocenters. The number of hydrogen-bond donors (Lipinski definition) is 2. The number of benzene rings is 2. The Bertz CT molecular complexity index is 1010. The van der Waals surface area contributed by atoms with E-state index in [1.165, 1.54) is 12.1 Å². The fourth-order valence-electron chi connectivity index (χ4n) is 2.41. The Balaban J connectivity index is 1.43. The summed E-state index contributed by atoms with van der Waals surface area (Å²) in [5.41, 5.74) is 0.853. The largest absolute Gasteiger partial charge is 0.454 e. The lowest BCUT2D eigenvalue weighted by molar-refractivity contribution is 0.102. The van der Waals surface area contributed by atoms with Crippen LogP contribution in [0.1, 0.15) is 10.5 Å². The molecule has 1 aliphatic rings. The van der Waals surface area contributed by atoms with Crippen LogP contribution in [0.3, 0.4) is 0 Å². The number of amides is 1. The SMILES string of the molecule is O=C(Nc1ccc(F)c(F)c1)c1ccc(Nc2ccc3c(c2)OCO3)nn1. The first kappa shape index (κ1) is 16.7. The van der Waals surface area contributed by atoms with Crippen molar-refractivity contribution in [2.45, 2.75) is 0 Å². The number of aromatic nitrogens is 2. The number of hydrogen-bond acceptors (Lipinski definition) is 6. The molecule has 0 bridgehead atoms. The summed E-state index contributed by atoms with van der Waals surface area (Å²) in [4.78, 5) is 12.1. The van der Waals surface area contributed by atoms with Gasteiger partial charge in [0.15, 0.2) is 34.6 Å². The van der Waals surface area contributed by atoms with E-state index < -0.39 is 17.5 Å². The zero-order valence-electron chi connectivity index (χ0n) is 13.7. The third-order valence-electron chi connectivity index (χ3n) is 3.72.